The Labute approximate surface area is 178 Å². The summed E-state index contributed by atoms with van der Waals surface area (Å²) in [6, 6.07) is 3.79. The number of hydrogen-bond donors (Lipinski definition) is 3. The van der Waals surface area contributed by atoms with Crippen molar-refractivity contribution in [1.29, 1.82) is 0 Å². The highest BCUT2D eigenvalue weighted by Crippen LogP contribution is 2.26. The first-order valence-electron chi connectivity index (χ1n) is 10.8. The Hall–Kier alpha value is -3.30. The van der Waals surface area contributed by atoms with Crippen LogP contribution in [-0.2, 0) is 0 Å². The number of nitrogens with zero attached hydrogens (tertiary/aromatic N) is 5. The van der Waals surface area contributed by atoms with Crippen LogP contribution in [0.3, 0.4) is 0 Å². The molecule has 0 aromatic carbocycles. The van der Waals surface area contributed by atoms with Crippen LogP contribution in [0.15, 0.2) is 24.5 Å². The third kappa shape index (κ3) is 4.14. The van der Waals surface area contributed by atoms with E-state index in [1.807, 2.05) is 17.0 Å². The number of carbonyl (C=O) groups excluding carboxylic acids is 1. The first-order chi connectivity index (χ1) is 15.2. The molecule has 162 valence electrons. The highest BCUT2D eigenvalue weighted by molar-refractivity contribution is 5.88. The quantitative estimate of drug-likeness (QED) is 0.593. The van der Waals surface area contributed by atoms with E-state index in [0.717, 1.165) is 57.0 Å². The van der Waals surface area contributed by atoms with Crippen molar-refractivity contribution in [2.24, 2.45) is 0 Å². The summed E-state index contributed by atoms with van der Waals surface area (Å²) in [7, 11) is 0. The first-order valence-corrected chi connectivity index (χ1v) is 10.8. The average Bonchev–Trinajstić information content (AvgIpc) is 3.46. The molecule has 3 aromatic heterocycles. The molecular formula is C21H25FN8O. The zero-order valence-electron chi connectivity index (χ0n) is 17.1. The molecule has 0 spiro atoms. The smallest absolute Gasteiger partial charge is 0.317 e. The number of aromatic nitrogens is 5. The van der Waals surface area contributed by atoms with Gasteiger partial charge in [-0.2, -0.15) is 5.10 Å². The summed E-state index contributed by atoms with van der Waals surface area (Å²) in [5.74, 6) is 0.0103. The van der Waals surface area contributed by atoms with Gasteiger partial charge in [0.05, 0.1) is 6.20 Å². The lowest BCUT2D eigenvalue weighted by Gasteiger charge is -2.32. The van der Waals surface area contributed by atoms with Gasteiger partial charge in [-0.1, -0.05) is 0 Å². The monoisotopic (exact) mass is 424 g/mol. The Bertz CT molecular complexity index is 1080. The number of rotatable bonds is 4. The molecule has 0 bridgehead atoms. The maximum Gasteiger partial charge on any atom is 0.317 e. The zero-order valence-corrected chi connectivity index (χ0v) is 17.1. The van der Waals surface area contributed by atoms with Gasteiger partial charge in [0.2, 0.25) is 0 Å². The second-order valence-electron chi connectivity index (χ2n) is 8.21. The van der Waals surface area contributed by atoms with Gasteiger partial charge < -0.3 is 15.5 Å². The van der Waals surface area contributed by atoms with Gasteiger partial charge in [-0.05, 0) is 50.7 Å². The van der Waals surface area contributed by atoms with Crippen molar-refractivity contribution in [1.82, 2.24) is 35.4 Å². The largest absolute Gasteiger partial charge is 0.365 e. The fourth-order valence-corrected chi connectivity index (χ4v) is 4.44. The van der Waals surface area contributed by atoms with Crippen LogP contribution in [0.25, 0.3) is 22.6 Å². The highest BCUT2D eigenvalue weighted by atomic mass is 19.1. The number of urea groups is 1. The van der Waals surface area contributed by atoms with Crippen molar-refractivity contribution in [2.45, 2.75) is 50.6 Å². The molecule has 3 N–H and O–H groups in total. The summed E-state index contributed by atoms with van der Waals surface area (Å²) < 4.78 is 14.5. The number of likely N-dealkylation sites (tertiary alicyclic amines) is 1. The Morgan fingerprint density at radius 2 is 2.00 bits per heavy atom. The third-order valence-corrected chi connectivity index (χ3v) is 6.03. The number of nitrogens with one attached hydrogen (secondary N) is 3. The lowest BCUT2D eigenvalue weighted by Crippen LogP contribution is -2.47. The summed E-state index contributed by atoms with van der Waals surface area (Å²) in [5, 5.41) is 14.2. The molecule has 5 rings (SSSR count). The topological polar surface area (TPSA) is 112 Å². The molecule has 2 aliphatic rings. The van der Waals surface area contributed by atoms with Crippen LogP contribution >= 0.6 is 0 Å². The second kappa shape index (κ2) is 8.44. The van der Waals surface area contributed by atoms with Crippen LogP contribution in [0.4, 0.5) is 15.0 Å². The minimum atomic E-state index is -0.506. The Balaban J connectivity index is 1.29. The number of aromatic amines is 1. The fraction of sp³-hybridized carbons (Fsp3) is 0.476. The third-order valence-electron chi connectivity index (χ3n) is 6.03. The molecule has 3 aromatic rings. The van der Waals surface area contributed by atoms with Crippen LogP contribution in [0.2, 0.25) is 0 Å². The maximum absolute atomic E-state index is 14.5. The number of halogens is 1. The second-order valence-corrected chi connectivity index (χ2v) is 8.21. The molecule has 0 radical (unpaired) electrons. The standard InChI is InChI=1S/C21H25FN8O/c22-16-12-24-20(17-15-7-4-8-23-18(15)29-28-17)27-19(16)25-13-5-3-6-14(11-13)26-21(31)30-9-1-2-10-30/h4,7-8,12-14H,1-3,5-6,9-11H2,(H,26,31)(H,23,28,29)(H,24,25,27)/t13?,14-/m1/s1. The minimum Gasteiger partial charge on any atom is -0.365 e. The summed E-state index contributed by atoms with van der Waals surface area (Å²) in [6.45, 7) is 1.65. The number of hydrogen-bond acceptors (Lipinski definition) is 6. The Morgan fingerprint density at radius 3 is 2.87 bits per heavy atom. The molecular weight excluding hydrogens is 399 g/mol. The number of pyridine rings is 1. The van der Waals surface area contributed by atoms with Gasteiger partial charge >= 0.3 is 6.03 Å². The van der Waals surface area contributed by atoms with E-state index < -0.39 is 5.82 Å². The van der Waals surface area contributed by atoms with E-state index in [4.69, 9.17) is 0 Å². The van der Waals surface area contributed by atoms with E-state index in [9.17, 15) is 9.18 Å². The molecule has 2 fully saturated rings. The van der Waals surface area contributed by atoms with Crippen LogP contribution in [0.1, 0.15) is 38.5 Å². The van der Waals surface area contributed by atoms with E-state index in [1.54, 1.807) is 6.20 Å². The molecule has 1 saturated carbocycles. The predicted molar refractivity (Wildman–Crippen MR) is 114 cm³/mol. The average molecular weight is 424 g/mol. The maximum atomic E-state index is 14.5. The molecule has 10 heteroatoms. The Kier molecular flexibility index (Phi) is 5.35. The van der Waals surface area contributed by atoms with Crippen molar-refractivity contribution < 1.29 is 9.18 Å². The van der Waals surface area contributed by atoms with Crippen molar-refractivity contribution in [3.8, 4) is 11.5 Å². The summed E-state index contributed by atoms with van der Waals surface area (Å²) in [6.07, 6.45) is 8.48. The molecule has 9 nitrogen and oxygen atoms in total. The number of carbonyl (C=O) groups is 1. The van der Waals surface area contributed by atoms with Gasteiger partial charge in [-0.3, -0.25) is 5.10 Å². The van der Waals surface area contributed by atoms with E-state index in [-0.39, 0.29) is 23.9 Å². The zero-order chi connectivity index (χ0) is 21.2. The number of anilines is 1. The van der Waals surface area contributed by atoms with Crippen molar-refractivity contribution in [3.05, 3.63) is 30.3 Å². The van der Waals surface area contributed by atoms with Gasteiger partial charge in [0.15, 0.2) is 23.1 Å². The number of fused-ring (bicyclic) bond motifs is 1. The van der Waals surface area contributed by atoms with E-state index >= 15 is 0 Å². The van der Waals surface area contributed by atoms with Gasteiger partial charge in [0.25, 0.3) is 0 Å². The van der Waals surface area contributed by atoms with Gasteiger partial charge in [0.1, 0.15) is 5.69 Å². The van der Waals surface area contributed by atoms with Crippen LogP contribution < -0.4 is 10.6 Å². The normalized spacial score (nSPS) is 21.4. The van der Waals surface area contributed by atoms with Gasteiger partial charge in [-0.15, -0.1) is 0 Å². The molecule has 4 heterocycles. The summed E-state index contributed by atoms with van der Waals surface area (Å²) in [5.41, 5.74) is 1.16. The number of H-pyrrole nitrogens is 1. The van der Waals surface area contributed by atoms with E-state index in [1.165, 1.54) is 6.20 Å². The molecule has 1 aliphatic heterocycles. The van der Waals surface area contributed by atoms with Crippen LogP contribution in [0.5, 0.6) is 0 Å². The van der Waals surface area contributed by atoms with Gasteiger partial charge in [0, 0.05) is 36.8 Å². The number of amides is 2. The molecule has 1 aliphatic carbocycles. The molecule has 1 unspecified atom stereocenters. The highest BCUT2D eigenvalue weighted by Gasteiger charge is 2.27. The molecule has 1 saturated heterocycles. The predicted octanol–water partition coefficient (Wildman–Crippen LogP) is 3.08. The van der Waals surface area contributed by atoms with Crippen molar-refractivity contribution >= 4 is 22.9 Å². The fourth-order valence-electron chi connectivity index (χ4n) is 4.44. The summed E-state index contributed by atoms with van der Waals surface area (Å²) >= 11 is 0. The lowest BCUT2D eigenvalue weighted by molar-refractivity contribution is 0.199. The molecule has 2 amide bonds. The van der Waals surface area contributed by atoms with E-state index in [0.29, 0.717) is 17.2 Å². The Morgan fingerprint density at radius 1 is 1.16 bits per heavy atom. The lowest BCUT2D eigenvalue weighted by atomic mass is 9.91. The van der Waals surface area contributed by atoms with Crippen molar-refractivity contribution in [2.75, 3.05) is 18.4 Å². The van der Waals surface area contributed by atoms with E-state index in [2.05, 4.69) is 35.8 Å². The first kappa shape index (κ1) is 19.7. The minimum absolute atomic E-state index is 0.0124. The van der Waals surface area contributed by atoms with Crippen LogP contribution in [0, 0.1) is 5.82 Å². The van der Waals surface area contributed by atoms with Crippen LogP contribution in [-0.4, -0.2) is 61.3 Å². The molecule has 31 heavy (non-hydrogen) atoms. The van der Waals surface area contributed by atoms with Crippen molar-refractivity contribution in [3.63, 3.8) is 0 Å². The molecule has 2 atom stereocenters. The summed E-state index contributed by atoms with van der Waals surface area (Å²) in [4.78, 5) is 27.0. The SMILES string of the molecule is O=C(N[C@@H]1CCCC(Nc2nc(-c3[nH]nc4ncccc34)ncc2F)C1)N1CCCC1. The van der Waals surface area contributed by atoms with Gasteiger partial charge in [-0.25, -0.2) is 24.1 Å².